The van der Waals surface area contributed by atoms with E-state index in [-0.39, 0.29) is 12.2 Å². The maximum Gasteiger partial charge on any atom is 0.256 e. The van der Waals surface area contributed by atoms with E-state index < -0.39 is 0 Å². The number of rotatable bonds is 5. The Morgan fingerprint density at radius 3 is 2.48 bits per heavy atom. The largest absolute Gasteiger partial charge is 0.497 e. The van der Waals surface area contributed by atoms with Gasteiger partial charge in [0.05, 0.1) is 26.5 Å². The molecule has 112 valence electrons. The van der Waals surface area contributed by atoms with Gasteiger partial charge in [0.1, 0.15) is 11.5 Å². The van der Waals surface area contributed by atoms with Crippen molar-refractivity contribution in [3.05, 3.63) is 46.2 Å². The van der Waals surface area contributed by atoms with Crippen LogP contribution in [-0.4, -0.2) is 23.9 Å². The molecule has 0 bridgehead atoms. The minimum absolute atomic E-state index is 0.192. The topological polar surface area (TPSA) is 60.7 Å². The van der Waals surface area contributed by atoms with Crippen molar-refractivity contribution in [2.24, 2.45) is 0 Å². The monoisotopic (exact) mass is 289 g/mol. The van der Waals surface area contributed by atoms with Crippen LogP contribution in [0.5, 0.6) is 11.5 Å². The zero-order valence-electron chi connectivity index (χ0n) is 12.4. The van der Waals surface area contributed by atoms with Crippen molar-refractivity contribution in [3.63, 3.8) is 0 Å². The Morgan fingerprint density at radius 2 is 1.90 bits per heavy atom. The smallest absolute Gasteiger partial charge is 0.256 e. The lowest BCUT2D eigenvalue weighted by Crippen LogP contribution is -2.24. The first kappa shape index (κ1) is 15.1. The number of aliphatic hydroxyl groups excluding tert-OH is 1. The van der Waals surface area contributed by atoms with Crippen LogP contribution in [0.1, 0.15) is 12.5 Å². The molecule has 5 heteroatoms. The molecule has 0 aliphatic rings. The third kappa shape index (κ3) is 2.78. The van der Waals surface area contributed by atoms with Gasteiger partial charge in [0.2, 0.25) is 0 Å². The highest BCUT2D eigenvalue weighted by Gasteiger charge is 2.14. The van der Waals surface area contributed by atoms with Gasteiger partial charge in [-0.25, -0.2) is 0 Å². The molecule has 21 heavy (non-hydrogen) atoms. The lowest BCUT2D eigenvalue weighted by Gasteiger charge is -2.16. The second kappa shape index (κ2) is 6.45. The molecule has 0 radical (unpaired) electrons. The maximum atomic E-state index is 12.3. The summed E-state index contributed by atoms with van der Waals surface area (Å²) < 4.78 is 12.2. The highest BCUT2D eigenvalue weighted by Crippen LogP contribution is 2.32. The number of aromatic nitrogens is 1. The molecule has 0 saturated carbocycles. The molecule has 0 unspecified atom stereocenters. The molecule has 2 rings (SSSR count). The van der Waals surface area contributed by atoms with Crippen LogP contribution in [0, 0.1) is 0 Å². The molecule has 1 N–H and O–H groups in total. The fourth-order valence-electron chi connectivity index (χ4n) is 2.31. The molecule has 5 nitrogen and oxygen atoms in total. The molecule has 0 aliphatic heterocycles. The van der Waals surface area contributed by atoms with Crippen molar-refractivity contribution >= 4 is 0 Å². The summed E-state index contributed by atoms with van der Waals surface area (Å²) in [4.78, 5) is 12.3. The van der Waals surface area contributed by atoms with Crippen LogP contribution in [0.3, 0.4) is 0 Å². The number of pyridine rings is 1. The van der Waals surface area contributed by atoms with Crippen LogP contribution in [0.15, 0.2) is 35.1 Å². The van der Waals surface area contributed by atoms with E-state index >= 15 is 0 Å². The van der Waals surface area contributed by atoms with Crippen LogP contribution in [-0.2, 0) is 13.2 Å². The van der Waals surface area contributed by atoms with Crippen molar-refractivity contribution < 1.29 is 14.6 Å². The van der Waals surface area contributed by atoms with E-state index in [1.54, 1.807) is 37.0 Å². The minimum atomic E-state index is -0.269. The third-order valence-electron chi connectivity index (χ3n) is 3.42. The highest BCUT2D eigenvalue weighted by atomic mass is 16.5. The number of aliphatic hydroxyl groups is 1. The molecule has 1 aromatic carbocycles. The number of ether oxygens (including phenoxy) is 2. The van der Waals surface area contributed by atoms with Crippen LogP contribution in [0.2, 0.25) is 0 Å². The summed E-state index contributed by atoms with van der Waals surface area (Å²) in [7, 11) is 3.18. The fraction of sp³-hybridized carbons (Fsp3) is 0.312. The Hall–Kier alpha value is -2.27. The summed E-state index contributed by atoms with van der Waals surface area (Å²) in [6.07, 6.45) is 0. The summed E-state index contributed by atoms with van der Waals surface area (Å²) >= 11 is 0. The van der Waals surface area contributed by atoms with Crippen LogP contribution in [0.4, 0.5) is 0 Å². The van der Waals surface area contributed by atoms with Gasteiger partial charge in [-0.2, -0.15) is 0 Å². The summed E-state index contributed by atoms with van der Waals surface area (Å²) in [5.74, 6) is 1.35. The van der Waals surface area contributed by atoms with E-state index in [2.05, 4.69) is 0 Å². The first-order valence-electron chi connectivity index (χ1n) is 6.72. The number of nitrogens with zero attached hydrogens (tertiary/aromatic N) is 1. The number of hydrogen-bond donors (Lipinski definition) is 1. The zero-order valence-corrected chi connectivity index (χ0v) is 12.4. The van der Waals surface area contributed by atoms with Gasteiger partial charge in [-0.15, -0.1) is 0 Å². The Bertz CT molecular complexity index is 691. The average molecular weight is 289 g/mol. The predicted octanol–water partition coefficient (Wildman–Crippen LogP) is 2.04. The van der Waals surface area contributed by atoms with E-state index in [1.165, 1.54) is 0 Å². The van der Waals surface area contributed by atoms with Gasteiger partial charge < -0.3 is 19.1 Å². The second-order valence-corrected chi connectivity index (χ2v) is 4.52. The van der Waals surface area contributed by atoms with Gasteiger partial charge >= 0.3 is 0 Å². The van der Waals surface area contributed by atoms with Crippen molar-refractivity contribution in [1.29, 1.82) is 0 Å². The minimum Gasteiger partial charge on any atom is -0.497 e. The van der Waals surface area contributed by atoms with Crippen molar-refractivity contribution in [3.8, 4) is 22.8 Å². The first-order valence-corrected chi connectivity index (χ1v) is 6.72. The lowest BCUT2D eigenvalue weighted by molar-refractivity contribution is 0.279. The SMILES string of the molecule is CCn1c(-c2cc(OC)ccc2OC)ccc(CO)c1=O. The Morgan fingerprint density at radius 1 is 1.14 bits per heavy atom. The maximum absolute atomic E-state index is 12.3. The molecule has 0 aliphatic carbocycles. The van der Waals surface area contributed by atoms with Crippen molar-refractivity contribution in [2.75, 3.05) is 14.2 Å². The predicted molar refractivity (Wildman–Crippen MR) is 80.8 cm³/mol. The molecule has 2 aromatic rings. The van der Waals surface area contributed by atoms with Crippen LogP contribution >= 0.6 is 0 Å². The number of hydrogen-bond acceptors (Lipinski definition) is 4. The van der Waals surface area contributed by atoms with Gasteiger partial charge in [-0.05, 0) is 37.3 Å². The third-order valence-corrected chi connectivity index (χ3v) is 3.42. The Kier molecular flexibility index (Phi) is 4.65. The highest BCUT2D eigenvalue weighted by molar-refractivity contribution is 5.69. The van der Waals surface area contributed by atoms with Crippen molar-refractivity contribution in [1.82, 2.24) is 4.57 Å². The van der Waals surface area contributed by atoms with Gasteiger partial charge in [0.25, 0.3) is 5.56 Å². The second-order valence-electron chi connectivity index (χ2n) is 4.52. The standard InChI is InChI=1S/C16H19NO4/c1-4-17-14(7-5-11(10-18)16(17)19)13-9-12(20-2)6-8-15(13)21-3/h5-9,18H,4,10H2,1-3H3. The summed E-state index contributed by atoms with van der Waals surface area (Å²) in [5.41, 5.74) is 1.69. The molecule has 0 spiro atoms. The lowest BCUT2D eigenvalue weighted by atomic mass is 10.1. The van der Waals surface area contributed by atoms with Crippen LogP contribution < -0.4 is 15.0 Å². The molecule has 0 fully saturated rings. The van der Waals surface area contributed by atoms with Gasteiger partial charge in [0, 0.05) is 17.7 Å². The Labute approximate surface area is 123 Å². The fourth-order valence-corrected chi connectivity index (χ4v) is 2.31. The molecule has 1 aromatic heterocycles. The van der Waals surface area contributed by atoms with E-state index in [4.69, 9.17) is 9.47 Å². The number of benzene rings is 1. The van der Waals surface area contributed by atoms with Gasteiger partial charge in [-0.3, -0.25) is 4.79 Å². The summed E-state index contributed by atoms with van der Waals surface area (Å²) in [6.45, 7) is 2.12. The first-order chi connectivity index (χ1) is 10.2. The normalized spacial score (nSPS) is 10.5. The quantitative estimate of drug-likeness (QED) is 0.915. The average Bonchev–Trinajstić information content (AvgIpc) is 2.53. The van der Waals surface area contributed by atoms with E-state index in [1.807, 2.05) is 19.1 Å². The van der Waals surface area contributed by atoms with Crippen molar-refractivity contribution in [2.45, 2.75) is 20.1 Å². The molecule has 0 atom stereocenters. The van der Waals surface area contributed by atoms with E-state index in [0.717, 1.165) is 11.3 Å². The molecular weight excluding hydrogens is 270 g/mol. The Balaban J connectivity index is 2.72. The van der Waals surface area contributed by atoms with E-state index in [0.29, 0.717) is 23.6 Å². The molecule has 0 saturated heterocycles. The molecule has 1 heterocycles. The van der Waals surface area contributed by atoms with Crippen LogP contribution in [0.25, 0.3) is 11.3 Å². The van der Waals surface area contributed by atoms with Gasteiger partial charge in [0.15, 0.2) is 0 Å². The number of methoxy groups -OCH3 is 2. The summed E-state index contributed by atoms with van der Waals surface area (Å²) in [5, 5.41) is 9.22. The zero-order chi connectivity index (χ0) is 15.4. The molecule has 0 amide bonds. The molecular formula is C16H19NO4. The van der Waals surface area contributed by atoms with Gasteiger partial charge in [-0.1, -0.05) is 0 Å². The summed E-state index contributed by atoms with van der Waals surface area (Å²) in [6, 6.07) is 8.90. The van der Waals surface area contributed by atoms with E-state index in [9.17, 15) is 9.90 Å².